The number of anilines is 2. The van der Waals surface area contributed by atoms with Gasteiger partial charge in [-0.15, -0.1) is 0 Å². The van der Waals surface area contributed by atoms with Crippen molar-refractivity contribution in [3.63, 3.8) is 0 Å². The van der Waals surface area contributed by atoms with E-state index in [1.165, 1.54) is 12.1 Å². The fraction of sp³-hybridized carbons (Fsp3) is 0. The Morgan fingerprint density at radius 2 is 1.72 bits per heavy atom. The van der Waals surface area contributed by atoms with Crippen molar-refractivity contribution in [2.45, 2.75) is 0 Å². The van der Waals surface area contributed by atoms with Gasteiger partial charge in [0.05, 0.1) is 16.3 Å². The first-order valence-electron chi connectivity index (χ1n) is 5.12. The first kappa shape index (κ1) is 12.7. The number of hydrogen-bond donors (Lipinski definition) is 2. The Balaban J connectivity index is 2.21. The molecule has 2 N–H and O–H groups in total. The van der Waals surface area contributed by atoms with Gasteiger partial charge in [-0.2, -0.15) is 0 Å². The minimum absolute atomic E-state index is 0.239. The number of aromatic carboxylic acids is 1. The highest BCUT2D eigenvalue weighted by Gasteiger charge is 2.04. The maximum atomic E-state index is 10.7. The summed E-state index contributed by atoms with van der Waals surface area (Å²) in [6.45, 7) is 0. The Hall–Kier alpha value is -1.71. The van der Waals surface area contributed by atoms with Gasteiger partial charge in [-0.25, -0.2) is 4.79 Å². The maximum absolute atomic E-state index is 10.7. The summed E-state index contributed by atoms with van der Waals surface area (Å²) in [7, 11) is 0. The Morgan fingerprint density at radius 1 is 1.06 bits per heavy atom. The van der Waals surface area contributed by atoms with Crippen LogP contribution in [-0.2, 0) is 0 Å². The highest BCUT2D eigenvalue weighted by Crippen LogP contribution is 2.28. The van der Waals surface area contributed by atoms with Crippen molar-refractivity contribution in [2.24, 2.45) is 0 Å². The minimum Gasteiger partial charge on any atom is -0.478 e. The van der Waals surface area contributed by atoms with Crippen molar-refractivity contribution in [3.05, 3.63) is 58.1 Å². The smallest absolute Gasteiger partial charge is 0.335 e. The van der Waals surface area contributed by atoms with Crippen molar-refractivity contribution in [1.29, 1.82) is 0 Å². The van der Waals surface area contributed by atoms with Crippen LogP contribution in [0, 0.1) is 0 Å². The fourth-order valence-corrected chi connectivity index (χ4v) is 1.90. The molecular weight excluding hydrogens is 273 g/mol. The zero-order chi connectivity index (χ0) is 13.1. The van der Waals surface area contributed by atoms with Crippen molar-refractivity contribution in [1.82, 2.24) is 0 Å². The molecule has 0 saturated carbocycles. The molecule has 0 heterocycles. The summed E-state index contributed by atoms with van der Waals surface area (Å²) in [5.74, 6) is -0.953. The molecule has 0 fully saturated rings. The molecule has 0 radical (unpaired) electrons. The number of halogens is 2. The van der Waals surface area contributed by atoms with Gasteiger partial charge in [-0.1, -0.05) is 23.2 Å². The second-order valence-electron chi connectivity index (χ2n) is 3.63. The van der Waals surface area contributed by atoms with E-state index in [9.17, 15) is 4.79 Å². The van der Waals surface area contributed by atoms with Gasteiger partial charge in [0.15, 0.2) is 0 Å². The zero-order valence-electron chi connectivity index (χ0n) is 9.15. The molecule has 0 saturated heterocycles. The van der Waals surface area contributed by atoms with Crippen LogP contribution in [0.2, 0.25) is 10.0 Å². The third kappa shape index (κ3) is 2.94. The summed E-state index contributed by atoms with van der Waals surface area (Å²) in [6.07, 6.45) is 0. The van der Waals surface area contributed by atoms with Gasteiger partial charge in [0.2, 0.25) is 0 Å². The van der Waals surface area contributed by atoms with Crippen molar-refractivity contribution in [3.8, 4) is 0 Å². The maximum Gasteiger partial charge on any atom is 0.335 e. The third-order valence-electron chi connectivity index (χ3n) is 2.34. The minimum atomic E-state index is -0.953. The van der Waals surface area contributed by atoms with Crippen LogP contribution in [-0.4, -0.2) is 11.1 Å². The number of rotatable bonds is 3. The molecular formula is C13H9Cl2NO2. The lowest BCUT2D eigenvalue weighted by Gasteiger charge is -2.08. The van der Waals surface area contributed by atoms with E-state index in [1.54, 1.807) is 30.3 Å². The third-order valence-corrected chi connectivity index (χ3v) is 2.89. The average molecular weight is 282 g/mol. The number of hydrogen-bond acceptors (Lipinski definition) is 2. The van der Waals surface area contributed by atoms with Crippen LogP contribution in [0.1, 0.15) is 10.4 Å². The van der Waals surface area contributed by atoms with Gasteiger partial charge in [0, 0.05) is 10.7 Å². The summed E-state index contributed by atoms with van der Waals surface area (Å²) in [5, 5.41) is 12.9. The second kappa shape index (κ2) is 5.29. The average Bonchev–Trinajstić information content (AvgIpc) is 2.33. The number of benzene rings is 2. The van der Waals surface area contributed by atoms with Gasteiger partial charge in [-0.3, -0.25) is 0 Å². The van der Waals surface area contributed by atoms with E-state index in [2.05, 4.69) is 5.32 Å². The summed E-state index contributed by atoms with van der Waals surface area (Å²) in [5.41, 5.74) is 1.70. The quantitative estimate of drug-likeness (QED) is 0.875. The second-order valence-corrected chi connectivity index (χ2v) is 4.48. The predicted molar refractivity (Wildman–Crippen MR) is 73.1 cm³/mol. The van der Waals surface area contributed by atoms with Crippen molar-refractivity contribution >= 4 is 40.5 Å². The van der Waals surface area contributed by atoms with Gasteiger partial charge in [0.1, 0.15) is 0 Å². The Kier molecular flexibility index (Phi) is 3.75. The lowest BCUT2D eigenvalue weighted by Crippen LogP contribution is -1.96. The number of carboxylic acid groups (broad SMARTS) is 1. The van der Waals surface area contributed by atoms with E-state index in [-0.39, 0.29) is 5.56 Å². The molecule has 2 aromatic rings. The first-order valence-corrected chi connectivity index (χ1v) is 5.87. The van der Waals surface area contributed by atoms with Crippen molar-refractivity contribution < 1.29 is 9.90 Å². The van der Waals surface area contributed by atoms with Gasteiger partial charge >= 0.3 is 5.97 Å². The standard InChI is InChI=1S/C13H9Cl2NO2/c14-9-3-6-12(11(15)7-9)16-10-4-1-8(2-5-10)13(17)18/h1-7,16H,(H,17,18). The summed E-state index contributed by atoms with van der Waals surface area (Å²) >= 11 is 11.8. The number of nitrogens with one attached hydrogen (secondary N) is 1. The van der Waals surface area contributed by atoms with Crippen LogP contribution < -0.4 is 5.32 Å². The predicted octanol–water partition coefficient (Wildman–Crippen LogP) is 4.44. The lowest BCUT2D eigenvalue weighted by molar-refractivity contribution is 0.0697. The molecule has 18 heavy (non-hydrogen) atoms. The molecule has 2 aromatic carbocycles. The normalized spacial score (nSPS) is 10.1. The van der Waals surface area contributed by atoms with Gasteiger partial charge in [0.25, 0.3) is 0 Å². The summed E-state index contributed by atoms with van der Waals surface area (Å²) < 4.78 is 0. The highest BCUT2D eigenvalue weighted by molar-refractivity contribution is 6.36. The molecule has 0 aliphatic rings. The van der Waals surface area contributed by atoms with Crippen molar-refractivity contribution in [2.75, 3.05) is 5.32 Å². The van der Waals surface area contributed by atoms with Crippen LogP contribution in [0.15, 0.2) is 42.5 Å². The van der Waals surface area contributed by atoms with Gasteiger partial charge < -0.3 is 10.4 Å². The Bertz CT molecular complexity index is 582. The summed E-state index contributed by atoms with van der Waals surface area (Å²) in [6, 6.07) is 11.5. The van der Waals surface area contributed by atoms with Crippen LogP contribution in [0.25, 0.3) is 0 Å². The van der Waals surface area contributed by atoms with Crippen LogP contribution in [0.5, 0.6) is 0 Å². The monoisotopic (exact) mass is 281 g/mol. The molecule has 0 spiro atoms. The molecule has 3 nitrogen and oxygen atoms in total. The lowest BCUT2D eigenvalue weighted by atomic mass is 10.2. The van der Waals surface area contributed by atoms with E-state index >= 15 is 0 Å². The topological polar surface area (TPSA) is 49.3 Å². The molecule has 0 aliphatic carbocycles. The Morgan fingerprint density at radius 3 is 2.28 bits per heavy atom. The highest BCUT2D eigenvalue weighted by atomic mass is 35.5. The van der Waals surface area contributed by atoms with Gasteiger partial charge in [-0.05, 0) is 42.5 Å². The zero-order valence-corrected chi connectivity index (χ0v) is 10.7. The molecule has 92 valence electrons. The summed E-state index contributed by atoms with van der Waals surface area (Å²) in [4.78, 5) is 10.7. The largest absolute Gasteiger partial charge is 0.478 e. The van der Waals surface area contributed by atoms with Crippen LogP contribution in [0.4, 0.5) is 11.4 Å². The van der Waals surface area contributed by atoms with E-state index in [1.807, 2.05) is 0 Å². The van der Waals surface area contributed by atoms with E-state index in [4.69, 9.17) is 28.3 Å². The molecule has 0 aliphatic heterocycles. The number of carboxylic acids is 1. The molecule has 2 rings (SSSR count). The molecule has 0 amide bonds. The molecule has 0 atom stereocenters. The SMILES string of the molecule is O=C(O)c1ccc(Nc2ccc(Cl)cc2Cl)cc1. The fourth-order valence-electron chi connectivity index (χ4n) is 1.44. The van der Waals surface area contributed by atoms with E-state index in [0.717, 1.165) is 5.69 Å². The molecule has 5 heteroatoms. The molecule has 0 unspecified atom stereocenters. The van der Waals surface area contributed by atoms with Crippen LogP contribution in [0.3, 0.4) is 0 Å². The van der Waals surface area contributed by atoms with E-state index in [0.29, 0.717) is 15.7 Å². The first-order chi connectivity index (χ1) is 8.56. The van der Waals surface area contributed by atoms with E-state index < -0.39 is 5.97 Å². The molecule has 0 aromatic heterocycles. The number of carbonyl (C=O) groups is 1. The molecule has 0 bridgehead atoms. The van der Waals surface area contributed by atoms with Crippen LogP contribution >= 0.6 is 23.2 Å². The Labute approximate surface area is 114 Å².